The second-order valence-corrected chi connectivity index (χ2v) is 3.70. The number of halogens is 3. The third kappa shape index (κ3) is 4.43. The fourth-order valence-electron chi connectivity index (χ4n) is 1.24. The number of alkyl halides is 3. The number of rotatable bonds is 4. The standard InChI is InChI=1S/C11H11F3N2O4/c1-16(10(19)15-20-6-9(17)18)8-4-2-3-7(5-8)11(12,13)14/h2-5H,6H2,1H3,(H,15,19)(H,17,18). The van der Waals surface area contributed by atoms with Gasteiger partial charge in [-0.25, -0.2) is 15.1 Å². The maximum absolute atomic E-state index is 12.5. The van der Waals surface area contributed by atoms with E-state index in [4.69, 9.17) is 5.11 Å². The number of amides is 2. The number of anilines is 1. The minimum Gasteiger partial charge on any atom is -0.479 e. The van der Waals surface area contributed by atoms with Crippen molar-refractivity contribution in [3.05, 3.63) is 29.8 Å². The molecule has 9 heteroatoms. The molecule has 1 rings (SSSR count). The Kier molecular flexibility index (Phi) is 4.92. The summed E-state index contributed by atoms with van der Waals surface area (Å²) in [5.74, 6) is -1.30. The molecule has 0 radical (unpaired) electrons. The first-order chi connectivity index (χ1) is 9.21. The summed E-state index contributed by atoms with van der Waals surface area (Å²) in [7, 11) is 1.22. The molecule has 0 aliphatic rings. The summed E-state index contributed by atoms with van der Waals surface area (Å²) < 4.78 is 37.5. The molecule has 0 atom stereocenters. The predicted molar refractivity (Wildman–Crippen MR) is 62.0 cm³/mol. The van der Waals surface area contributed by atoms with Gasteiger partial charge in [-0.1, -0.05) is 6.07 Å². The highest BCUT2D eigenvalue weighted by molar-refractivity contribution is 5.90. The summed E-state index contributed by atoms with van der Waals surface area (Å²) in [4.78, 5) is 26.9. The lowest BCUT2D eigenvalue weighted by Crippen LogP contribution is -2.38. The Morgan fingerprint density at radius 1 is 1.40 bits per heavy atom. The lowest BCUT2D eigenvalue weighted by molar-refractivity contribution is -0.144. The molecule has 0 aliphatic carbocycles. The first-order valence-corrected chi connectivity index (χ1v) is 5.26. The van der Waals surface area contributed by atoms with Gasteiger partial charge in [0.15, 0.2) is 6.61 Å². The first-order valence-electron chi connectivity index (χ1n) is 5.26. The van der Waals surface area contributed by atoms with Crippen LogP contribution in [0.1, 0.15) is 5.56 Å². The molecule has 0 saturated carbocycles. The Labute approximate surface area is 111 Å². The molecule has 0 aromatic heterocycles. The highest BCUT2D eigenvalue weighted by Crippen LogP contribution is 2.31. The SMILES string of the molecule is CN(C(=O)NOCC(=O)O)c1cccc(C(F)(F)F)c1. The number of carboxylic acid groups (broad SMARTS) is 1. The molecule has 6 nitrogen and oxygen atoms in total. The highest BCUT2D eigenvalue weighted by Gasteiger charge is 2.31. The second-order valence-electron chi connectivity index (χ2n) is 3.70. The van der Waals surface area contributed by atoms with Gasteiger partial charge in [0.1, 0.15) is 0 Å². The summed E-state index contributed by atoms with van der Waals surface area (Å²) in [6, 6.07) is 3.21. The molecule has 0 saturated heterocycles. The minimum absolute atomic E-state index is 0.0174. The van der Waals surface area contributed by atoms with Crippen molar-refractivity contribution >= 4 is 17.7 Å². The molecule has 110 valence electrons. The van der Waals surface area contributed by atoms with E-state index in [-0.39, 0.29) is 5.69 Å². The van der Waals surface area contributed by atoms with Crippen LogP contribution in [0.4, 0.5) is 23.7 Å². The number of benzene rings is 1. The molecule has 20 heavy (non-hydrogen) atoms. The number of hydrogen-bond acceptors (Lipinski definition) is 3. The molecule has 0 bridgehead atoms. The molecule has 2 amide bonds. The molecule has 0 fully saturated rings. The average molecular weight is 292 g/mol. The van der Waals surface area contributed by atoms with Gasteiger partial charge in [-0.15, -0.1) is 0 Å². The van der Waals surface area contributed by atoms with Crippen LogP contribution in [0.2, 0.25) is 0 Å². The number of urea groups is 1. The Morgan fingerprint density at radius 3 is 2.60 bits per heavy atom. The monoisotopic (exact) mass is 292 g/mol. The number of nitrogens with one attached hydrogen (secondary N) is 1. The Hall–Kier alpha value is -2.29. The van der Waals surface area contributed by atoms with Crippen LogP contribution in [-0.4, -0.2) is 30.8 Å². The van der Waals surface area contributed by atoms with E-state index in [1.165, 1.54) is 13.1 Å². The maximum atomic E-state index is 12.5. The molecule has 0 aliphatic heterocycles. The van der Waals surface area contributed by atoms with Crippen molar-refractivity contribution in [2.24, 2.45) is 0 Å². The molecule has 0 unspecified atom stereocenters. The predicted octanol–water partition coefficient (Wildman–Crippen LogP) is 1.87. The van der Waals surface area contributed by atoms with Crippen LogP contribution in [0, 0.1) is 0 Å². The summed E-state index contributed by atoms with van der Waals surface area (Å²) in [6.07, 6.45) is -4.52. The van der Waals surface area contributed by atoms with Crippen molar-refractivity contribution in [1.29, 1.82) is 0 Å². The van der Waals surface area contributed by atoms with Crippen molar-refractivity contribution < 1.29 is 32.7 Å². The first kappa shape index (κ1) is 15.8. The maximum Gasteiger partial charge on any atom is 0.416 e. The Balaban J connectivity index is 2.74. The number of carbonyl (C=O) groups excluding carboxylic acids is 1. The molecular formula is C11H11F3N2O4. The highest BCUT2D eigenvalue weighted by atomic mass is 19.4. The number of carboxylic acids is 1. The van der Waals surface area contributed by atoms with E-state index in [0.29, 0.717) is 0 Å². The van der Waals surface area contributed by atoms with Crippen molar-refractivity contribution in [3.63, 3.8) is 0 Å². The average Bonchev–Trinajstić information content (AvgIpc) is 2.36. The van der Waals surface area contributed by atoms with E-state index in [0.717, 1.165) is 23.1 Å². The van der Waals surface area contributed by atoms with Crippen LogP contribution in [-0.2, 0) is 15.8 Å². The van der Waals surface area contributed by atoms with Crippen LogP contribution >= 0.6 is 0 Å². The van der Waals surface area contributed by atoms with Crippen LogP contribution in [0.5, 0.6) is 0 Å². The number of carbonyl (C=O) groups is 2. The summed E-state index contributed by atoms with van der Waals surface area (Å²) >= 11 is 0. The van der Waals surface area contributed by atoms with Crippen LogP contribution in [0.25, 0.3) is 0 Å². The summed E-state index contributed by atoms with van der Waals surface area (Å²) in [5, 5.41) is 8.29. The Bertz CT molecular complexity index is 505. The zero-order chi connectivity index (χ0) is 15.3. The third-order valence-corrected chi connectivity index (χ3v) is 2.22. The minimum atomic E-state index is -4.52. The van der Waals surface area contributed by atoms with Crippen molar-refractivity contribution in [3.8, 4) is 0 Å². The van der Waals surface area contributed by atoms with E-state index in [1.807, 2.05) is 0 Å². The van der Waals surface area contributed by atoms with Gasteiger partial charge in [-0.05, 0) is 18.2 Å². The van der Waals surface area contributed by atoms with Crippen molar-refractivity contribution in [2.75, 3.05) is 18.6 Å². The van der Waals surface area contributed by atoms with E-state index in [9.17, 15) is 22.8 Å². The van der Waals surface area contributed by atoms with E-state index in [1.54, 1.807) is 5.48 Å². The normalized spacial score (nSPS) is 11.0. The fraction of sp³-hybridized carbons (Fsp3) is 0.273. The zero-order valence-corrected chi connectivity index (χ0v) is 10.3. The van der Waals surface area contributed by atoms with Gasteiger partial charge in [0.25, 0.3) is 0 Å². The molecule has 2 N–H and O–H groups in total. The lowest BCUT2D eigenvalue weighted by Gasteiger charge is -2.18. The van der Waals surface area contributed by atoms with Gasteiger partial charge < -0.3 is 5.11 Å². The van der Waals surface area contributed by atoms with Gasteiger partial charge in [0.2, 0.25) is 0 Å². The van der Waals surface area contributed by atoms with Crippen LogP contribution < -0.4 is 10.4 Å². The number of aliphatic carboxylic acids is 1. The largest absolute Gasteiger partial charge is 0.479 e. The molecular weight excluding hydrogens is 281 g/mol. The summed E-state index contributed by atoms with van der Waals surface area (Å²) in [6.45, 7) is -0.762. The van der Waals surface area contributed by atoms with Gasteiger partial charge in [0, 0.05) is 12.7 Å². The van der Waals surface area contributed by atoms with Crippen LogP contribution in [0.3, 0.4) is 0 Å². The molecule has 1 aromatic rings. The smallest absolute Gasteiger partial charge is 0.416 e. The second kappa shape index (κ2) is 6.24. The number of hydroxylamine groups is 1. The topological polar surface area (TPSA) is 78.9 Å². The lowest BCUT2D eigenvalue weighted by atomic mass is 10.2. The molecule has 0 spiro atoms. The number of hydrogen-bond donors (Lipinski definition) is 2. The van der Waals surface area contributed by atoms with E-state index in [2.05, 4.69) is 4.84 Å². The van der Waals surface area contributed by atoms with Crippen molar-refractivity contribution in [1.82, 2.24) is 5.48 Å². The Morgan fingerprint density at radius 2 is 2.05 bits per heavy atom. The fourth-order valence-corrected chi connectivity index (χ4v) is 1.24. The van der Waals surface area contributed by atoms with E-state index >= 15 is 0 Å². The number of nitrogens with zero attached hydrogens (tertiary/aromatic N) is 1. The van der Waals surface area contributed by atoms with Gasteiger partial charge in [0.05, 0.1) is 5.56 Å². The van der Waals surface area contributed by atoms with Gasteiger partial charge in [-0.3, -0.25) is 9.74 Å². The van der Waals surface area contributed by atoms with Gasteiger partial charge >= 0.3 is 18.2 Å². The molecule has 0 heterocycles. The van der Waals surface area contributed by atoms with Gasteiger partial charge in [-0.2, -0.15) is 13.2 Å². The zero-order valence-electron chi connectivity index (χ0n) is 10.3. The van der Waals surface area contributed by atoms with Crippen molar-refractivity contribution in [2.45, 2.75) is 6.18 Å². The third-order valence-electron chi connectivity index (χ3n) is 2.22. The van der Waals surface area contributed by atoms with Crippen LogP contribution in [0.15, 0.2) is 24.3 Å². The summed E-state index contributed by atoms with van der Waals surface area (Å²) in [5.41, 5.74) is 0.876. The molecule has 1 aromatic carbocycles. The quantitative estimate of drug-likeness (QED) is 0.830. The van der Waals surface area contributed by atoms with E-state index < -0.39 is 30.3 Å².